The Balaban J connectivity index is 1.96. The second kappa shape index (κ2) is 7.22. The van der Waals surface area contributed by atoms with E-state index in [0.29, 0.717) is 13.0 Å². The number of amides is 1. The van der Waals surface area contributed by atoms with Crippen LogP contribution < -0.4 is 5.73 Å². The van der Waals surface area contributed by atoms with Gasteiger partial charge in [-0.05, 0) is 31.7 Å². The lowest BCUT2D eigenvalue weighted by molar-refractivity contribution is -0.149. The van der Waals surface area contributed by atoms with Crippen molar-refractivity contribution < 1.29 is 14.3 Å². The van der Waals surface area contributed by atoms with Gasteiger partial charge in [0.15, 0.2) is 0 Å². The lowest BCUT2D eigenvalue weighted by Crippen LogP contribution is -2.48. The van der Waals surface area contributed by atoms with Crippen LogP contribution in [0.15, 0.2) is 30.3 Å². The van der Waals surface area contributed by atoms with E-state index in [-0.39, 0.29) is 24.5 Å². The van der Waals surface area contributed by atoms with E-state index < -0.39 is 6.04 Å². The highest BCUT2D eigenvalue weighted by molar-refractivity contribution is 5.86. The van der Waals surface area contributed by atoms with Gasteiger partial charge in [-0.2, -0.15) is 0 Å². The molecule has 1 saturated carbocycles. The molecular weight excluding hydrogens is 268 g/mol. The number of carbonyl (C=O) groups is 2. The van der Waals surface area contributed by atoms with Gasteiger partial charge < -0.3 is 15.4 Å². The molecule has 1 atom stereocenters. The van der Waals surface area contributed by atoms with Gasteiger partial charge in [-0.3, -0.25) is 9.59 Å². The van der Waals surface area contributed by atoms with Crippen molar-refractivity contribution in [2.45, 2.75) is 38.3 Å². The molecule has 0 bridgehead atoms. The Morgan fingerprint density at radius 1 is 1.33 bits per heavy atom. The van der Waals surface area contributed by atoms with Gasteiger partial charge in [0.2, 0.25) is 5.91 Å². The van der Waals surface area contributed by atoms with Crippen LogP contribution in [0.5, 0.6) is 0 Å². The van der Waals surface area contributed by atoms with Crippen molar-refractivity contribution in [2.75, 3.05) is 13.2 Å². The monoisotopic (exact) mass is 290 g/mol. The van der Waals surface area contributed by atoms with Crippen LogP contribution in [0, 0.1) is 0 Å². The summed E-state index contributed by atoms with van der Waals surface area (Å²) in [6.07, 6.45) is 2.35. The summed E-state index contributed by atoms with van der Waals surface area (Å²) in [6, 6.07) is 9.17. The summed E-state index contributed by atoms with van der Waals surface area (Å²) >= 11 is 0. The van der Waals surface area contributed by atoms with Crippen LogP contribution in [-0.4, -0.2) is 42.0 Å². The SMILES string of the molecule is CCOC(=O)CN(C(=O)C(N)Cc1ccccc1)C1CC1. The smallest absolute Gasteiger partial charge is 0.325 e. The lowest BCUT2D eigenvalue weighted by Gasteiger charge is -2.24. The Kier molecular flexibility index (Phi) is 5.33. The molecule has 1 fully saturated rings. The molecule has 0 saturated heterocycles. The van der Waals surface area contributed by atoms with Gasteiger partial charge in [0, 0.05) is 6.04 Å². The van der Waals surface area contributed by atoms with Gasteiger partial charge in [0.25, 0.3) is 0 Å². The lowest BCUT2D eigenvalue weighted by atomic mass is 10.1. The quantitative estimate of drug-likeness (QED) is 0.764. The van der Waals surface area contributed by atoms with Gasteiger partial charge >= 0.3 is 5.97 Å². The molecule has 0 aromatic heterocycles. The van der Waals surface area contributed by atoms with E-state index in [9.17, 15) is 9.59 Å². The fourth-order valence-electron chi connectivity index (χ4n) is 2.29. The van der Waals surface area contributed by atoms with Gasteiger partial charge in [0.1, 0.15) is 6.54 Å². The Bertz CT molecular complexity index is 486. The minimum Gasteiger partial charge on any atom is -0.465 e. The first-order valence-electron chi connectivity index (χ1n) is 7.37. The fraction of sp³-hybridized carbons (Fsp3) is 0.500. The van der Waals surface area contributed by atoms with Crippen LogP contribution in [0.1, 0.15) is 25.3 Å². The molecule has 21 heavy (non-hydrogen) atoms. The standard InChI is InChI=1S/C16H22N2O3/c1-2-21-15(19)11-18(13-8-9-13)16(20)14(17)10-12-6-4-3-5-7-12/h3-7,13-14H,2,8-11,17H2,1H3. The van der Waals surface area contributed by atoms with Crippen LogP contribution in [-0.2, 0) is 20.7 Å². The molecule has 1 aliphatic carbocycles. The summed E-state index contributed by atoms with van der Waals surface area (Å²) in [7, 11) is 0. The highest BCUT2D eigenvalue weighted by Crippen LogP contribution is 2.27. The zero-order valence-corrected chi connectivity index (χ0v) is 12.3. The molecule has 0 aliphatic heterocycles. The molecule has 5 nitrogen and oxygen atoms in total. The number of hydrogen-bond acceptors (Lipinski definition) is 4. The van der Waals surface area contributed by atoms with E-state index >= 15 is 0 Å². The van der Waals surface area contributed by atoms with Crippen molar-refractivity contribution in [2.24, 2.45) is 5.73 Å². The molecule has 1 aromatic carbocycles. The number of rotatable bonds is 7. The molecular formula is C16H22N2O3. The summed E-state index contributed by atoms with van der Waals surface area (Å²) in [4.78, 5) is 25.7. The Morgan fingerprint density at radius 2 is 2.00 bits per heavy atom. The molecule has 1 aromatic rings. The average Bonchev–Trinajstić information content (AvgIpc) is 3.30. The van der Waals surface area contributed by atoms with Crippen LogP contribution in [0.3, 0.4) is 0 Å². The molecule has 5 heteroatoms. The minimum atomic E-state index is -0.623. The molecule has 1 aliphatic rings. The number of esters is 1. The molecule has 1 unspecified atom stereocenters. The van der Waals surface area contributed by atoms with Crippen molar-refractivity contribution in [1.82, 2.24) is 4.90 Å². The Hall–Kier alpha value is -1.88. The number of nitrogens with two attached hydrogens (primary N) is 1. The first kappa shape index (κ1) is 15.5. The predicted octanol–water partition coefficient (Wildman–Crippen LogP) is 1.11. The highest BCUT2D eigenvalue weighted by atomic mass is 16.5. The van der Waals surface area contributed by atoms with E-state index in [1.165, 1.54) is 0 Å². The molecule has 0 heterocycles. The third-order valence-electron chi connectivity index (χ3n) is 3.49. The largest absolute Gasteiger partial charge is 0.465 e. The van der Waals surface area contributed by atoms with Gasteiger partial charge in [0.05, 0.1) is 12.6 Å². The van der Waals surface area contributed by atoms with Crippen molar-refractivity contribution in [3.05, 3.63) is 35.9 Å². The van der Waals surface area contributed by atoms with Gasteiger partial charge in [-0.25, -0.2) is 0 Å². The van der Waals surface area contributed by atoms with E-state index in [0.717, 1.165) is 18.4 Å². The summed E-state index contributed by atoms with van der Waals surface area (Å²) in [5.74, 6) is -0.543. The number of ether oxygens (including phenoxy) is 1. The second-order valence-electron chi connectivity index (χ2n) is 5.30. The van der Waals surface area contributed by atoms with E-state index in [4.69, 9.17) is 10.5 Å². The zero-order chi connectivity index (χ0) is 15.2. The van der Waals surface area contributed by atoms with Crippen LogP contribution >= 0.6 is 0 Å². The summed E-state index contributed by atoms with van der Waals surface area (Å²) < 4.78 is 4.92. The third kappa shape index (κ3) is 4.56. The summed E-state index contributed by atoms with van der Waals surface area (Å²) in [6.45, 7) is 2.07. The molecule has 1 amide bonds. The van der Waals surface area contributed by atoms with Crippen LogP contribution in [0.2, 0.25) is 0 Å². The molecule has 2 N–H and O–H groups in total. The average molecular weight is 290 g/mol. The van der Waals surface area contributed by atoms with Crippen molar-refractivity contribution >= 4 is 11.9 Å². The number of nitrogens with zero attached hydrogens (tertiary/aromatic N) is 1. The van der Waals surface area contributed by atoms with E-state index in [2.05, 4.69) is 0 Å². The maximum atomic E-state index is 12.5. The first-order valence-corrected chi connectivity index (χ1v) is 7.37. The first-order chi connectivity index (χ1) is 10.1. The maximum absolute atomic E-state index is 12.5. The summed E-state index contributed by atoms with van der Waals surface area (Å²) in [5, 5.41) is 0. The van der Waals surface area contributed by atoms with Gasteiger partial charge in [-0.15, -0.1) is 0 Å². The van der Waals surface area contributed by atoms with E-state index in [1.54, 1.807) is 11.8 Å². The topological polar surface area (TPSA) is 72.6 Å². The molecule has 114 valence electrons. The van der Waals surface area contributed by atoms with Crippen molar-refractivity contribution in [3.63, 3.8) is 0 Å². The number of hydrogen-bond donors (Lipinski definition) is 1. The van der Waals surface area contributed by atoms with Crippen LogP contribution in [0.4, 0.5) is 0 Å². The normalized spacial score (nSPS) is 15.3. The molecule has 0 radical (unpaired) electrons. The third-order valence-corrected chi connectivity index (χ3v) is 3.49. The second-order valence-corrected chi connectivity index (χ2v) is 5.30. The zero-order valence-electron chi connectivity index (χ0n) is 12.3. The Labute approximate surface area is 125 Å². The number of carbonyl (C=O) groups excluding carboxylic acids is 2. The fourth-order valence-corrected chi connectivity index (χ4v) is 2.29. The van der Waals surface area contributed by atoms with Crippen molar-refractivity contribution in [3.8, 4) is 0 Å². The minimum absolute atomic E-state index is 0.000169. The van der Waals surface area contributed by atoms with Gasteiger partial charge in [-0.1, -0.05) is 30.3 Å². The highest BCUT2D eigenvalue weighted by Gasteiger charge is 2.36. The maximum Gasteiger partial charge on any atom is 0.325 e. The predicted molar refractivity (Wildman–Crippen MR) is 79.5 cm³/mol. The van der Waals surface area contributed by atoms with E-state index in [1.807, 2.05) is 30.3 Å². The van der Waals surface area contributed by atoms with Crippen molar-refractivity contribution in [1.29, 1.82) is 0 Å². The Morgan fingerprint density at radius 3 is 2.57 bits per heavy atom. The number of benzene rings is 1. The molecule has 2 rings (SSSR count). The molecule has 0 spiro atoms. The van der Waals surface area contributed by atoms with Crippen LogP contribution in [0.25, 0.3) is 0 Å². The summed E-state index contributed by atoms with van der Waals surface area (Å²) in [5.41, 5.74) is 7.04.